The lowest BCUT2D eigenvalue weighted by atomic mass is 10.1. The standard InChI is InChI=1S/C20H22N2O3S/c1-14(23)16-9-6-10-17(13-16)21-20(25)18(11-12-26-2)22-19(24)15-7-4-3-5-8-15/h3-10,13,18H,11-12H2,1-2H3,(H,21,25)(H,22,24)/t18-/m0/s1. The van der Waals surface area contributed by atoms with Gasteiger partial charge in [0, 0.05) is 16.8 Å². The lowest BCUT2D eigenvalue weighted by Gasteiger charge is -2.18. The van der Waals surface area contributed by atoms with Crippen molar-refractivity contribution in [3.05, 3.63) is 65.7 Å². The second kappa shape index (κ2) is 9.77. The molecular formula is C20H22N2O3S. The molecule has 136 valence electrons. The van der Waals surface area contributed by atoms with Crippen molar-refractivity contribution in [2.45, 2.75) is 19.4 Å². The van der Waals surface area contributed by atoms with Crippen molar-refractivity contribution in [1.29, 1.82) is 0 Å². The molecule has 0 aromatic heterocycles. The van der Waals surface area contributed by atoms with Gasteiger partial charge < -0.3 is 10.6 Å². The van der Waals surface area contributed by atoms with E-state index < -0.39 is 6.04 Å². The number of rotatable bonds is 8. The maximum atomic E-state index is 12.6. The van der Waals surface area contributed by atoms with Gasteiger partial charge in [-0.15, -0.1) is 0 Å². The van der Waals surface area contributed by atoms with Crippen molar-refractivity contribution in [2.75, 3.05) is 17.3 Å². The molecule has 2 N–H and O–H groups in total. The summed E-state index contributed by atoms with van der Waals surface area (Å²) in [6, 6.07) is 14.9. The Kier molecular flexibility index (Phi) is 7.41. The first kappa shape index (κ1) is 19.7. The third-order valence-electron chi connectivity index (χ3n) is 3.81. The molecule has 2 aromatic rings. The van der Waals surface area contributed by atoms with Crippen LogP contribution in [0.4, 0.5) is 5.69 Å². The van der Waals surface area contributed by atoms with Crippen LogP contribution in [-0.2, 0) is 4.79 Å². The summed E-state index contributed by atoms with van der Waals surface area (Å²) in [5, 5.41) is 5.58. The Hall–Kier alpha value is -2.60. The average molecular weight is 370 g/mol. The Bertz CT molecular complexity index is 778. The maximum absolute atomic E-state index is 12.6. The van der Waals surface area contributed by atoms with Gasteiger partial charge >= 0.3 is 0 Å². The van der Waals surface area contributed by atoms with E-state index in [1.54, 1.807) is 60.3 Å². The minimum absolute atomic E-state index is 0.0718. The number of hydrogen-bond acceptors (Lipinski definition) is 4. The molecule has 0 spiro atoms. The van der Waals surface area contributed by atoms with Crippen LogP contribution in [0.5, 0.6) is 0 Å². The fraction of sp³-hybridized carbons (Fsp3) is 0.250. The highest BCUT2D eigenvalue weighted by Crippen LogP contribution is 2.13. The van der Waals surface area contributed by atoms with Crippen molar-refractivity contribution >= 4 is 35.0 Å². The SMILES string of the molecule is CSCC[C@H](NC(=O)c1ccccc1)C(=O)Nc1cccc(C(C)=O)c1. The van der Waals surface area contributed by atoms with Crippen LogP contribution >= 0.6 is 11.8 Å². The summed E-state index contributed by atoms with van der Waals surface area (Å²) in [5.74, 6) is 0.0754. The number of thioether (sulfide) groups is 1. The Morgan fingerprint density at radius 1 is 1.00 bits per heavy atom. The number of anilines is 1. The molecule has 2 aromatic carbocycles. The molecule has 0 saturated carbocycles. The van der Waals surface area contributed by atoms with Gasteiger partial charge in [-0.05, 0) is 49.6 Å². The normalized spacial score (nSPS) is 11.5. The first-order chi connectivity index (χ1) is 12.5. The summed E-state index contributed by atoms with van der Waals surface area (Å²) in [6.45, 7) is 1.47. The van der Waals surface area contributed by atoms with Crippen molar-refractivity contribution in [3.8, 4) is 0 Å². The molecule has 0 heterocycles. The predicted octanol–water partition coefficient (Wildman–Crippen LogP) is 3.38. The molecule has 0 fully saturated rings. The van der Waals surface area contributed by atoms with E-state index in [9.17, 15) is 14.4 Å². The summed E-state index contributed by atoms with van der Waals surface area (Å²) in [4.78, 5) is 36.5. The maximum Gasteiger partial charge on any atom is 0.251 e. The second-order valence-electron chi connectivity index (χ2n) is 5.80. The number of amides is 2. The van der Waals surface area contributed by atoms with Gasteiger partial charge in [-0.1, -0.05) is 30.3 Å². The third-order valence-corrected chi connectivity index (χ3v) is 4.45. The average Bonchev–Trinajstić information content (AvgIpc) is 2.65. The van der Waals surface area contributed by atoms with E-state index >= 15 is 0 Å². The van der Waals surface area contributed by atoms with Gasteiger partial charge in [0.25, 0.3) is 5.91 Å². The van der Waals surface area contributed by atoms with E-state index in [0.29, 0.717) is 23.2 Å². The van der Waals surface area contributed by atoms with Gasteiger partial charge in [-0.25, -0.2) is 0 Å². The molecule has 0 radical (unpaired) electrons. The van der Waals surface area contributed by atoms with E-state index in [1.807, 2.05) is 12.3 Å². The smallest absolute Gasteiger partial charge is 0.251 e. The molecule has 0 unspecified atom stereocenters. The van der Waals surface area contributed by atoms with Crippen molar-refractivity contribution in [1.82, 2.24) is 5.32 Å². The number of carbonyl (C=O) groups is 3. The zero-order valence-corrected chi connectivity index (χ0v) is 15.6. The summed E-state index contributed by atoms with van der Waals surface area (Å²) in [5.41, 5.74) is 1.57. The number of hydrogen-bond donors (Lipinski definition) is 2. The fourth-order valence-electron chi connectivity index (χ4n) is 2.38. The van der Waals surface area contributed by atoms with Gasteiger partial charge in [0.05, 0.1) is 0 Å². The summed E-state index contributed by atoms with van der Waals surface area (Å²) in [7, 11) is 0. The number of carbonyl (C=O) groups excluding carboxylic acids is 3. The Morgan fingerprint density at radius 2 is 1.69 bits per heavy atom. The van der Waals surface area contributed by atoms with Gasteiger partial charge in [0.2, 0.25) is 5.91 Å². The fourth-order valence-corrected chi connectivity index (χ4v) is 2.85. The van der Waals surface area contributed by atoms with Gasteiger partial charge in [0.15, 0.2) is 5.78 Å². The van der Waals surface area contributed by atoms with Gasteiger partial charge in [0.1, 0.15) is 6.04 Å². The van der Waals surface area contributed by atoms with Crippen LogP contribution in [0.25, 0.3) is 0 Å². The van der Waals surface area contributed by atoms with Gasteiger partial charge in [-0.3, -0.25) is 14.4 Å². The molecular weight excluding hydrogens is 348 g/mol. The van der Waals surface area contributed by atoms with E-state index in [0.717, 1.165) is 5.75 Å². The van der Waals surface area contributed by atoms with E-state index in [2.05, 4.69) is 10.6 Å². The molecule has 26 heavy (non-hydrogen) atoms. The van der Waals surface area contributed by atoms with Crippen LogP contribution in [0.2, 0.25) is 0 Å². The molecule has 0 aliphatic rings. The van der Waals surface area contributed by atoms with Crippen LogP contribution < -0.4 is 10.6 Å². The topological polar surface area (TPSA) is 75.3 Å². The molecule has 2 amide bonds. The summed E-state index contributed by atoms with van der Waals surface area (Å²) < 4.78 is 0. The molecule has 5 nitrogen and oxygen atoms in total. The monoisotopic (exact) mass is 370 g/mol. The third kappa shape index (κ3) is 5.74. The zero-order valence-electron chi connectivity index (χ0n) is 14.8. The lowest BCUT2D eigenvalue weighted by molar-refractivity contribution is -0.118. The first-order valence-electron chi connectivity index (χ1n) is 8.28. The minimum Gasteiger partial charge on any atom is -0.340 e. The Morgan fingerprint density at radius 3 is 2.35 bits per heavy atom. The molecule has 0 saturated heterocycles. The first-order valence-corrected chi connectivity index (χ1v) is 9.67. The highest BCUT2D eigenvalue weighted by atomic mass is 32.2. The zero-order chi connectivity index (χ0) is 18.9. The van der Waals surface area contributed by atoms with Crippen molar-refractivity contribution < 1.29 is 14.4 Å². The predicted molar refractivity (Wildman–Crippen MR) is 106 cm³/mol. The largest absolute Gasteiger partial charge is 0.340 e. The van der Waals surface area contributed by atoms with Crippen LogP contribution in [0.1, 0.15) is 34.1 Å². The summed E-state index contributed by atoms with van der Waals surface area (Å²) >= 11 is 1.61. The van der Waals surface area contributed by atoms with Crippen LogP contribution in [-0.4, -0.2) is 35.6 Å². The van der Waals surface area contributed by atoms with Crippen LogP contribution in [0, 0.1) is 0 Å². The van der Waals surface area contributed by atoms with Crippen molar-refractivity contribution in [2.24, 2.45) is 0 Å². The Balaban J connectivity index is 2.10. The second-order valence-corrected chi connectivity index (χ2v) is 6.79. The van der Waals surface area contributed by atoms with Crippen molar-refractivity contribution in [3.63, 3.8) is 0 Å². The highest BCUT2D eigenvalue weighted by molar-refractivity contribution is 7.98. The van der Waals surface area contributed by atoms with Crippen LogP contribution in [0.15, 0.2) is 54.6 Å². The molecule has 1 atom stereocenters. The van der Waals surface area contributed by atoms with E-state index in [-0.39, 0.29) is 17.6 Å². The molecule has 6 heteroatoms. The highest BCUT2D eigenvalue weighted by Gasteiger charge is 2.21. The number of nitrogens with one attached hydrogen (secondary N) is 2. The number of Topliss-reactive ketones (excluding diaryl/α,β-unsaturated/α-hetero) is 1. The van der Waals surface area contributed by atoms with Gasteiger partial charge in [-0.2, -0.15) is 11.8 Å². The molecule has 2 rings (SSSR count). The lowest BCUT2D eigenvalue weighted by Crippen LogP contribution is -2.44. The Labute approximate surface area is 157 Å². The molecule has 0 aliphatic heterocycles. The van der Waals surface area contributed by atoms with Crippen LogP contribution in [0.3, 0.4) is 0 Å². The molecule has 0 aliphatic carbocycles. The minimum atomic E-state index is -0.656. The number of ketones is 1. The number of benzene rings is 2. The van der Waals surface area contributed by atoms with E-state index in [1.165, 1.54) is 6.92 Å². The van der Waals surface area contributed by atoms with E-state index in [4.69, 9.17) is 0 Å². The quantitative estimate of drug-likeness (QED) is 0.699. The molecule has 0 bridgehead atoms. The summed E-state index contributed by atoms with van der Waals surface area (Å²) in [6.07, 6.45) is 2.46.